The van der Waals surface area contributed by atoms with Gasteiger partial charge in [0.05, 0.1) is 29.1 Å². The van der Waals surface area contributed by atoms with Crippen molar-refractivity contribution in [3.63, 3.8) is 0 Å². The molecule has 4 rings (SSSR count). The van der Waals surface area contributed by atoms with Crippen LogP contribution in [0.1, 0.15) is 113 Å². The SMILES string of the molecule is CC1(C)CCC[C@](C)([C@H]2CC[C@]3(C)[C@@H]2[C@H](O)C[C@@H]2[C@@](C)(CC(=O)O)[C@H](C(C)(C)C(=O)O)CC[C@]23C)O1. The molecule has 0 aromatic carbocycles. The highest BCUT2D eigenvalue weighted by Crippen LogP contribution is 2.75. The van der Waals surface area contributed by atoms with Crippen molar-refractivity contribution >= 4 is 11.9 Å². The van der Waals surface area contributed by atoms with Crippen molar-refractivity contribution in [3.8, 4) is 0 Å². The average Bonchev–Trinajstić information content (AvgIpc) is 3.09. The number of fused-ring (bicyclic) bond motifs is 3. The summed E-state index contributed by atoms with van der Waals surface area (Å²) in [5.41, 5.74) is -2.55. The van der Waals surface area contributed by atoms with Crippen LogP contribution in [0, 0.1) is 45.3 Å². The van der Waals surface area contributed by atoms with E-state index in [4.69, 9.17) is 4.74 Å². The molecule has 1 heterocycles. The van der Waals surface area contributed by atoms with Gasteiger partial charge in [0.2, 0.25) is 0 Å². The van der Waals surface area contributed by atoms with Crippen LogP contribution >= 0.6 is 0 Å². The molecule has 4 aliphatic rings. The third kappa shape index (κ3) is 3.87. The molecule has 1 aliphatic heterocycles. The third-order valence-electron chi connectivity index (χ3n) is 12.4. The molecular formula is C30H50O6. The molecule has 0 spiro atoms. The van der Waals surface area contributed by atoms with E-state index in [0.717, 1.165) is 38.5 Å². The topological polar surface area (TPSA) is 104 Å². The van der Waals surface area contributed by atoms with Crippen LogP contribution in [0.4, 0.5) is 0 Å². The van der Waals surface area contributed by atoms with Crippen molar-refractivity contribution in [2.24, 2.45) is 45.3 Å². The summed E-state index contributed by atoms with van der Waals surface area (Å²) >= 11 is 0. The molecule has 3 saturated carbocycles. The zero-order valence-electron chi connectivity index (χ0n) is 23.8. The number of carboxylic acid groups (broad SMARTS) is 2. The molecule has 6 heteroatoms. The molecule has 4 fully saturated rings. The van der Waals surface area contributed by atoms with Crippen LogP contribution in [0.15, 0.2) is 0 Å². The van der Waals surface area contributed by atoms with Crippen LogP contribution < -0.4 is 0 Å². The Kier molecular flexibility index (Phi) is 6.53. The van der Waals surface area contributed by atoms with E-state index in [9.17, 15) is 24.9 Å². The number of carboxylic acids is 2. The van der Waals surface area contributed by atoms with Gasteiger partial charge in [-0.25, -0.2) is 0 Å². The smallest absolute Gasteiger partial charge is 0.309 e. The zero-order valence-corrected chi connectivity index (χ0v) is 23.8. The Morgan fingerprint density at radius 1 is 0.917 bits per heavy atom. The molecule has 206 valence electrons. The maximum Gasteiger partial charge on any atom is 0.309 e. The van der Waals surface area contributed by atoms with Gasteiger partial charge in [0.1, 0.15) is 0 Å². The number of aliphatic carboxylic acids is 2. The molecule has 0 amide bonds. The van der Waals surface area contributed by atoms with Gasteiger partial charge in [-0.15, -0.1) is 0 Å². The van der Waals surface area contributed by atoms with Crippen molar-refractivity contribution in [1.82, 2.24) is 0 Å². The van der Waals surface area contributed by atoms with Gasteiger partial charge in [-0.1, -0.05) is 20.8 Å². The fraction of sp³-hybridized carbons (Fsp3) is 0.933. The number of carbonyl (C=O) groups is 2. The van der Waals surface area contributed by atoms with Crippen molar-refractivity contribution < 1.29 is 29.6 Å². The van der Waals surface area contributed by atoms with Gasteiger partial charge < -0.3 is 20.1 Å². The van der Waals surface area contributed by atoms with E-state index in [-0.39, 0.29) is 52.1 Å². The summed E-state index contributed by atoms with van der Waals surface area (Å²) in [6.07, 6.45) is 6.65. The lowest BCUT2D eigenvalue weighted by atomic mass is 9.36. The van der Waals surface area contributed by atoms with Crippen LogP contribution in [0.2, 0.25) is 0 Å². The zero-order chi connectivity index (χ0) is 27.1. The molecule has 0 bridgehead atoms. The fourth-order valence-corrected chi connectivity index (χ4v) is 10.6. The molecule has 3 N–H and O–H groups in total. The van der Waals surface area contributed by atoms with E-state index in [2.05, 4.69) is 34.6 Å². The molecule has 36 heavy (non-hydrogen) atoms. The lowest BCUT2D eigenvalue weighted by molar-refractivity contribution is -0.246. The average molecular weight is 507 g/mol. The quantitative estimate of drug-likeness (QED) is 0.413. The summed E-state index contributed by atoms with van der Waals surface area (Å²) in [7, 11) is 0. The van der Waals surface area contributed by atoms with Gasteiger partial charge in [-0.2, -0.15) is 0 Å². The summed E-state index contributed by atoms with van der Waals surface area (Å²) in [5, 5.41) is 32.0. The minimum atomic E-state index is -1.04. The second-order valence-electron chi connectivity index (χ2n) is 15.1. The second-order valence-corrected chi connectivity index (χ2v) is 15.1. The molecule has 6 nitrogen and oxygen atoms in total. The summed E-state index contributed by atoms with van der Waals surface area (Å²) in [5.74, 6) is -1.75. The maximum atomic E-state index is 12.3. The summed E-state index contributed by atoms with van der Waals surface area (Å²) in [6.45, 7) is 16.8. The Morgan fingerprint density at radius 2 is 1.53 bits per heavy atom. The Morgan fingerprint density at radius 3 is 2.08 bits per heavy atom. The van der Waals surface area contributed by atoms with Crippen LogP contribution in [0.5, 0.6) is 0 Å². The standard InChI is InChI=1S/C30H50O6/c1-25(2)12-9-13-30(8,36-25)18-10-14-29(7)23(18)19(31)16-21-27(5,17-22(32)33)20(11-15-28(21,29)6)26(3,4)24(34)35/h18-21,23,31H,9-17H2,1-8H3,(H,32,33)(H,34,35)/t18-,19+,20-,21+,23-,27-,28+,29+,30+/m0/s1. The first-order valence-electron chi connectivity index (χ1n) is 14.2. The molecule has 9 atom stereocenters. The highest BCUT2D eigenvalue weighted by Gasteiger charge is 2.71. The fourth-order valence-electron chi connectivity index (χ4n) is 10.6. The molecule has 0 unspecified atom stereocenters. The first-order chi connectivity index (χ1) is 16.3. The monoisotopic (exact) mass is 506 g/mol. The van der Waals surface area contributed by atoms with Crippen LogP contribution in [-0.2, 0) is 14.3 Å². The van der Waals surface area contributed by atoms with Gasteiger partial charge >= 0.3 is 11.9 Å². The number of aliphatic hydroxyl groups excluding tert-OH is 1. The van der Waals surface area contributed by atoms with Crippen LogP contribution in [-0.4, -0.2) is 44.6 Å². The minimum absolute atomic E-state index is 0.0648. The Labute approximate surface area is 217 Å². The summed E-state index contributed by atoms with van der Waals surface area (Å²) < 4.78 is 6.78. The molecule has 0 radical (unpaired) electrons. The lowest BCUT2D eigenvalue weighted by Crippen LogP contribution is -2.65. The third-order valence-corrected chi connectivity index (χ3v) is 12.4. The molecule has 0 aromatic heterocycles. The number of hydrogen-bond donors (Lipinski definition) is 3. The molecule has 0 aromatic rings. The van der Waals surface area contributed by atoms with Gasteiger partial charge in [0, 0.05) is 0 Å². The van der Waals surface area contributed by atoms with Gasteiger partial charge in [-0.05, 0) is 126 Å². The van der Waals surface area contributed by atoms with Crippen molar-refractivity contribution in [3.05, 3.63) is 0 Å². The van der Waals surface area contributed by atoms with Crippen molar-refractivity contribution in [2.75, 3.05) is 0 Å². The van der Waals surface area contributed by atoms with E-state index in [1.165, 1.54) is 0 Å². The van der Waals surface area contributed by atoms with Gasteiger partial charge in [0.15, 0.2) is 0 Å². The Balaban J connectivity index is 1.76. The van der Waals surface area contributed by atoms with Crippen LogP contribution in [0.3, 0.4) is 0 Å². The van der Waals surface area contributed by atoms with Gasteiger partial charge in [0.25, 0.3) is 0 Å². The highest BCUT2D eigenvalue weighted by molar-refractivity contribution is 5.75. The minimum Gasteiger partial charge on any atom is -0.481 e. The van der Waals surface area contributed by atoms with Crippen LogP contribution in [0.25, 0.3) is 0 Å². The van der Waals surface area contributed by atoms with E-state index >= 15 is 0 Å². The largest absolute Gasteiger partial charge is 0.481 e. The van der Waals surface area contributed by atoms with E-state index < -0.39 is 28.9 Å². The summed E-state index contributed by atoms with van der Waals surface area (Å²) in [6, 6.07) is 0. The summed E-state index contributed by atoms with van der Waals surface area (Å²) in [4.78, 5) is 24.6. The predicted molar refractivity (Wildman–Crippen MR) is 138 cm³/mol. The first kappa shape index (κ1) is 27.9. The predicted octanol–water partition coefficient (Wildman–Crippen LogP) is 6.15. The number of aliphatic hydroxyl groups is 1. The molecular weight excluding hydrogens is 456 g/mol. The Hall–Kier alpha value is -1.14. The van der Waals surface area contributed by atoms with E-state index in [1.807, 2.05) is 6.92 Å². The first-order valence-corrected chi connectivity index (χ1v) is 14.2. The number of rotatable bonds is 5. The van der Waals surface area contributed by atoms with E-state index in [0.29, 0.717) is 12.8 Å². The number of ether oxygens (including phenoxy) is 1. The molecule has 3 aliphatic carbocycles. The second kappa shape index (κ2) is 8.43. The molecule has 1 saturated heterocycles. The van der Waals surface area contributed by atoms with Crippen molar-refractivity contribution in [2.45, 2.75) is 130 Å². The van der Waals surface area contributed by atoms with E-state index in [1.54, 1.807) is 13.8 Å². The van der Waals surface area contributed by atoms with Crippen molar-refractivity contribution in [1.29, 1.82) is 0 Å². The lowest BCUT2D eigenvalue weighted by Gasteiger charge is -2.68. The highest BCUT2D eigenvalue weighted by atomic mass is 16.5. The normalized spacial score (nSPS) is 48.6. The van der Waals surface area contributed by atoms with Gasteiger partial charge in [-0.3, -0.25) is 9.59 Å². The number of hydrogen-bond acceptors (Lipinski definition) is 4. The Bertz CT molecular complexity index is 911. The maximum absolute atomic E-state index is 12.3.